The highest BCUT2D eigenvalue weighted by atomic mass is 16.5. The molecule has 1 unspecified atom stereocenters. The van der Waals surface area contributed by atoms with Gasteiger partial charge in [0.2, 0.25) is 0 Å². The van der Waals surface area contributed by atoms with Gasteiger partial charge in [0.1, 0.15) is 5.76 Å². The summed E-state index contributed by atoms with van der Waals surface area (Å²) in [6.07, 6.45) is 6.56. The second-order valence-corrected chi connectivity index (χ2v) is 5.71. The zero-order valence-electron chi connectivity index (χ0n) is 11.4. The summed E-state index contributed by atoms with van der Waals surface area (Å²) in [5, 5.41) is 10.8. The molecule has 1 atom stereocenters. The van der Waals surface area contributed by atoms with Gasteiger partial charge in [-0.05, 0) is 25.0 Å². The average molecular weight is 265 g/mol. The van der Waals surface area contributed by atoms with Crippen LogP contribution in [-0.4, -0.2) is 48.0 Å². The quantitative estimate of drug-likeness (QED) is 0.902. The Kier molecular flexibility index (Phi) is 3.91. The van der Waals surface area contributed by atoms with E-state index < -0.39 is 0 Å². The van der Waals surface area contributed by atoms with Crippen LogP contribution in [0.4, 0.5) is 0 Å². The highest BCUT2D eigenvalue weighted by Crippen LogP contribution is 2.39. The van der Waals surface area contributed by atoms with E-state index in [0.717, 1.165) is 44.9 Å². The fraction of sp³-hybridized carbons (Fsp3) is 0.733. The third-order valence-corrected chi connectivity index (χ3v) is 4.71. The van der Waals surface area contributed by atoms with Crippen LogP contribution in [0.15, 0.2) is 22.8 Å². The van der Waals surface area contributed by atoms with E-state index in [4.69, 9.17) is 9.15 Å². The van der Waals surface area contributed by atoms with Crippen molar-refractivity contribution in [2.75, 3.05) is 26.3 Å². The van der Waals surface area contributed by atoms with Crippen molar-refractivity contribution in [1.29, 1.82) is 0 Å². The smallest absolute Gasteiger partial charge is 0.106 e. The summed E-state index contributed by atoms with van der Waals surface area (Å²) in [4.78, 5) is 2.46. The molecule has 0 bridgehead atoms. The molecule has 0 aromatic carbocycles. The molecule has 2 heterocycles. The number of aliphatic hydroxyl groups excluding tert-OH is 1. The maximum absolute atomic E-state index is 10.8. The molecule has 2 aliphatic rings. The van der Waals surface area contributed by atoms with Gasteiger partial charge in [-0.2, -0.15) is 0 Å². The van der Waals surface area contributed by atoms with Gasteiger partial charge in [0.25, 0.3) is 0 Å². The predicted octanol–water partition coefficient (Wildman–Crippen LogP) is 1.83. The molecule has 4 heteroatoms. The second kappa shape index (κ2) is 5.65. The van der Waals surface area contributed by atoms with Crippen LogP contribution in [0.25, 0.3) is 0 Å². The Balaban J connectivity index is 1.75. The van der Waals surface area contributed by atoms with Crippen LogP contribution in [-0.2, 0) is 11.2 Å². The first-order valence-electron chi connectivity index (χ1n) is 7.34. The summed E-state index contributed by atoms with van der Waals surface area (Å²) >= 11 is 0. The van der Waals surface area contributed by atoms with Crippen LogP contribution in [0, 0.1) is 0 Å². The van der Waals surface area contributed by atoms with E-state index in [0.29, 0.717) is 6.42 Å². The molecular formula is C15H23NO3. The minimum Gasteiger partial charge on any atom is -0.469 e. The van der Waals surface area contributed by atoms with Crippen molar-refractivity contribution in [1.82, 2.24) is 4.90 Å². The Labute approximate surface area is 114 Å². The van der Waals surface area contributed by atoms with Gasteiger partial charge in [0, 0.05) is 25.0 Å². The van der Waals surface area contributed by atoms with Crippen molar-refractivity contribution < 1.29 is 14.3 Å². The van der Waals surface area contributed by atoms with E-state index in [1.54, 1.807) is 6.26 Å². The second-order valence-electron chi connectivity index (χ2n) is 5.71. The highest BCUT2D eigenvalue weighted by molar-refractivity contribution is 5.07. The Morgan fingerprint density at radius 2 is 2.00 bits per heavy atom. The van der Waals surface area contributed by atoms with E-state index in [2.05, 4.69) is 4.90 Å². The number of rotatable bonds is 4. The molecule has 19 heavy (non-hydrogen) atoms. The highest BCUT2D eigenvalue weighted by Gasteiger charge is 2.45. The maximum Gasteiger partial charge on any atom is 0.106 e. The van der Waals surface area contributed by atoms with E-state index >= 15 is 0 Å². The molecule has 2 fully saturated rings. The van der Waals surface area contributed by atoms with Gasteiger partial charge < -0.3 is 14.3 Å². The van der Waals surface area contributed by atoms with Crippen molar-refractivity contribution in [3.63, 3.8) is 0 Å². The summed E-state index contributed by atoms with van der Waals surface area (Å²) in [5.41, 5.74) is -0.0590. The van der Waals surface area contributed by atoms with E-state index in [1.165, 1.54) is 12.8 Å². The molecule has 1 saturated carbocycles. The normalized spacial score (nSPS) is 25.5. The van der Waals surface area contributed by atoms with Crippen molar-refractivity contribution in [3.05, 3.63) is 24.2 Å². The molecule has 1 aromatic rings. The molecule has 1 aliphatic heterocycles. The number of aliphatic hydroxyl groups is 1. The standard InChI is InChI=1S/C15H23NO3/c17-14(12-13-4-3-9-19-13)15(5-1-2-6-15)16-7-10-18-11-8-16/h3-4,9,14,17H,1-2,5-8,10-12H2. The van der Waals surface area contributed by atoms with Gasteiger partial charge in [-0.3, -0.25) is 4.90 Å². The third-order valence-electron chi connectivity index (χ3n) is 4.71. The lowest BCUT2D eigenvalue weighted by Crippen LogP contribution is -2.59. The summed E-state index contributed by atoms with van der Waals surface area (Å²) in [6.45, 7) is 3.45. The zero-order valence-corrected chi connectivity index (χ0v) is 11.4. The molecule has 4 nitrogen and oxygen atoms in total. The van der Waals surface area contributed by atoms with Gasteiger partial charge >= 0.3 is 0 Å². The fourth-order valence-electron chi connectivity index (χ4n) is 3.67. The lowest BCUT2D eigenvalue weighted by Gasteiger charge is -2.46. The van der Waals surface area contributed by atoms with Crippen molar-refractivity contribution >= 4 is 0 Å². The third kappa shape index (κ3) is 2.57. The van der Waals surface area contributed by atoms with Crippen LogP contribution < -0.4 is 0 Å². The topological polar surface area (TPSA) is 45.8 Å². The summed E-state index contributed by atoms with van der Waals surface area (Å²) in [5.74, 6) is 0.882. The number of hydrogen-bond acceptors (Lipinski definition) is 4. The zero-order chi connectivity index (χ0) is 13.1. The van der Waals surface area contributed by atoms with Crippen molar-refractivity contribution in [2.45, 2.75) is 43.7 Å². The number of furan rings is 1. The van der Waals surface area contributed by atoms with Crippen LogP contribution in [0.1, 0.15) is 31.4 Å². The molecule has 1 N–H and O–H groups in total. The van der Waals surface area contributed by atoms with E-state index in [1.807, 2.05) is 12.1 Å². The Bertz CT molecular complexity index is 378. The number of ether oxygens (including phenoxy) is 1. The molecule has 1 aliphatic carbocycles. The molecule has 1 saturated heterocycles. The van der Waals surface area contributed by atoms with Gasteiger partial charge in [0.05, 0.1) is 25.6 Å². The minimum absolute atomic E-state index is 0.0590. The monoisotopic (exact) mass is 265 g/mol. The van der Waals surface area contributed by atoms with Gasteiger partial charge in [-0.25, -0.2) is 0 Å². The fourth-order valence-corrected chi connectivity index (χ4v) is 3.67. The summed E-state index contributed by atoms with van der Waals surface area (Å²) < 4.78 is 10.8. The van der Waals surface area contributed by atoms with Gasteiger partial charge in [-0.15, -0.1) is 0 Å². The van der Waals surface area contributed by atoms with Crippen LogP contribution in [0.2, 0.25) is 0 Å². The molecule has 106 valence electrons. The largest absolute Gasteiger partial charge is 0.469 e. The Hall–Kier alpha value is -0.840. The lowest BCUT2D eigenvalue weighted by molar-refractivity contribution is -0.0764. The molecule has 1 aromatic heterocycles. The van der Waals surface area contributed by atoms with Gasteiger partial charge in [-0.1, -0.05) is 12.8 Å². The lowest BCUT2D eigenvalue weighted by atomic mass is 9.85. The number of hydrogen-bond donors (Lipinski definition) is 1. The first-order chi connectivity index (χ1) is 9.31. The molecule has 0 spiro atoms. The SMILES string of the molecule is OC(Cc1ccco1)C1(N2CCOCC2)CCCC1. The number of nitrogens with zero attached hydrogens (tertiary/aromatic N) is 1. The first kappa shape index (κ1) is 13.2. The summed E-state index contributed by atoms with van der Waals surface area (Å²) in [6, 6.07) is 3.84. The maximum atomic E-state index is 10.8. The van der Waals surface area contributed by atoms with E-state index in [9.17, 15) is 5.11 Å². The Morgan fingerprint density at radius 1 is 1.26 bits per heavy atom. The van der Waals surface area contributed by atoms with Crippen molar-refractivity contribution in [2.24, 2.45) is 0 Å². The summed E-state index contributed by atoms with van der Waals surface area (Å²) in [7, 11) is 0. The average Bonchev–Trinajstić information content (AvgIpc) is 3.11. The molecule has 0 radical (unpaired) electrons. The van der Waals surface area contributed by atoms with Crippen LogP contribution >= 0.6 is 0 Å². The van der Waals surface area contributed by atoms with Gasteiger partial charge in [0.15, 0.2) is 0 Å². The number of morpholine rings is 1. The first-order valence-corrected chi connectivity index (χ1v) is 7.34. The predicted molar refractivity (Wildman–Crippen MR) is 72.0 cm³/mol. The molecular weight excluding hydrogens is 242 g/mol. The van der Waals surface area contributed by atoms with Crippen LogP contribution in [0.3, 0.4) is 0 Å². The molecule has 3 rings (SSSR count). The Morgan fingerprint density at radius 3 is 2.63 bits per heavy atom. The van der Waals surface area contributed by atoms with Crippen molar-refractivity contribution in [3.8, 4) is 0 Å². The van der Waals surface area contributed by atoms with Crippen LogP contribution in [0.5, 0.6) is 0 Å². The molecule has 0 amide bonds. The minimum atomic E-state index is -0.348. The van der Waals surface area contributed by atoms with E-state index in [-0.39, 0.29) is 11.6 Å².